The van der Waals surface area contributed by atoms with Gasteiger partial charge in [0.1, 0.15) is 5.75 Å². The van der Waals surface area contributed by atoms with E-state index in [9.17, 15) is 14.9 Å². The first kappa shape index (κ1) is 17.3. The van der Waals surface area contributed by atoms with Crippen LogP contribution in [0.3, 0.4) is 0 Å². The minimum Gasteiger partial charge on any atom is -0.494 e. The fraction of sp³-hybridized carbons (Fsp3) is 0.235. The number of nitrogens with one attached hydrogen (secondary N) is 1. The van der Waals surface area contributed by atoms with Crippen molar-refractivity contribution in [2.45, 2.75) is 13.3 Å². The number of methoxy groups -OCH3 is 1. The molecule has 0 aliphatic heterocycles. The largest absolute Gasteiger partial charge is 0.494 e. The quantitative estimate of drug-likeness (QED) is 0.622. The summed E-state index contributed by atoms with van der Waals surface area (Å²) in [5.74, 6) is 0.621. The van der Waals surface area contributed by atoms with E-state index in [-0.39, 0.29) is 23.8 Å². The van der Waals surface area contributed by atoms with Gasteiger partial charge in [-0.25, -0.2) is 0 Å². The Bertz CT molecular complexity index is 728. The molecular weight excluding hydrogens is 312 g/mol. The Morgan fingerprint density at radius 1 is 1.21 bits per heavy atom. The van der Waals surface area contributed by atoms with E-state index < -0.39 is 4.92 Å². The standard InChI is InChI=1S/C17H18N2O5/c1-3-24-14-7-4-12(5-8-14)10-17(20)18-13-6-9-16(23-2)15(11-13)19(21)22/h4-9,11H,3,10H2,1-2H3,(H,18,20). The zero-order valence-corrected chi connectivity index (χ0v) is 13.4. The highest BCUT2D eigenvalue weighted by molar-refractivity contribution is 5.92. The molecule has 2 aromatic rings. The van der Waals surface area contributed by atoms with Crippen LogP contribution in [0.15, 0.2) is 42.5 Å². The minimum absolute atomic E-state index is 0.143. The van der Waals surface area contributed by atoms with Gasteiger partial charge in [0.05, 0.1) is 25.1 Å². The molecule has 0 aliphatic carbocycles. The van der Waals surface area contributed by atoms with E-state index in [1.165, 1.54) is 19.2 Å². The molecule has 126 valence electrons. The Morgan fingerprint density at radius 3 is 2.50 bits per heavy atom. The van der Waals surface area contributed by atoms with Crippen LogP contribution in [0.4, 0.5) is 11.4 Å². The number of benzene rings is 2. The lowest BCUT2D eigenvalue weighted by atomic mass is 10.1. The summed E-state index contributed by atoms with van der Waals surface area (Å²) in [6.45, 7) is 2.48. The van der Waals surface area contributed by atoms with Gasteiger partial charge in [0.15, 0.2) is 5.75 Å². The maximum absolute atomic E-state index is 12.1. The van der Waals surface area contributed by atoms with Gasteiger partial charge in [-0.15, -0.1) is 0 Å². The van der Waals surface area contributed by atoms with Crippen LogP contribution in [0.5, 0.6) is 11.5 Å². The van der Waals surface area contributed by atoms with Gasteiger partial charge < -0.3 is 14.8 Å². The molecule has 0 atom stereocenters. The smallest absolute Gasteiger partial charge is 0.312 e. The number of hydrogen-bond acceptors (Lipinski definition) is 5. The highest BCUT2D eigenvalue weighted by Gasteiger charge is 2.16. The molecular formula is C17H18N2O5. The fourth-order valence-corrected chi connectivity index (χ4v) is 2.17. The first-order valence-electron chi connectivity index (χ1n) is 7.37. The lowest BCUT2D eigenvalue weighted by Gasteiger charge is -2.08. The highest BCUT2D eigenvalue weighted by Crippen LogP contribution is 2.29. The van der Waals surface area contributed by atoms with Crippen molar-refractivity contribution in [1.82, 2.24) is 0 Å². The van der Waals surface area contributed by atoms with Crippen LogP contribution in [0.2, 0.25) is 0 Å². The highest BCUT2D eigenvalue weighted by atomic mass is 16.6. The predicted molar refractivity (Wildman–Crippen MR) is 89.6 cm³/mol. The molecule has 0 bridgehead atoms. The van der Waals surface area contributed by atoms with Gasteiger partial charge in [-0.05, 0) is 36.8 Å². The van der Waals surface area contributed by atoms with Gasteiger partial charge in [-0.2, -0.15) is 0 Å². The van der Waals surface area contributed by atoms with Crippen molar-refractivity contribution in [3.8, 4) is 11.5 Å². The first-order valence-corrected chi connectivity index (χ1v) is 7.37. The number of hydrogen-bond donors (Lipinski definition) is 1. The van der Waals surface area contributed by atoms with Crippen molar-refractivity contribution < 1.29 is 19.2 Å². The fourth-order valence-electron chi connectivity index (χ4n) is 2.17. The molecule has 0 aliphatic rings. The second kappa shape index (κ2) is 7.96. The summed E-state index contributed by atoms with van der Waals surface area (Å²) in [5.41, 5.74) is 0.966. The van der Waals surface area contributed by atoms with Crippen LogP contribution in [-0.2, 0) is 11.2 Å². The molecule has 1 N–H and O–H groups in total. The first-order chi connectivity index (χ1) is 11.5. The summed E-state index contributed by atoms with van der Waals surface area (Å²) in [6, 6.07) is 11.5. The van der Waals surface area contributed by atoms with Crippen LogP contribution in [0.25, 0.3) is 0 Å². The maximum Gasteiger partial charge on any atom is 0.312 e. The number of amides is 1. The van der Waals surface area contributed by atoms with E-state index in [0.717, 1.165) is 11.3 Å². The Morgan fingerprint density at radius 2 is 1.92 bits per heavy atom. The van der Waals surface area contributed by atoms with Gasteiger partial charge >= 0.3 is 5.69 Å². The third-order valence-corrected chi connectivity index (χ3v) is 3.26. The molecule has 24 heavy (non-hydrogen) atoms. The molecule has 7 nitrogen and oxygen atoms in total. The predicted octanol–water partition coefficient (Wildman–Crippen LogP) is 3.18. The van der Waals surface area contributed by atoms with E-state index in [4.69, 9.17) is 9.47 Å². The molecule has 0 unspecified atom stereocenters. The number of carbonyl (C=O) groups excluding carboxylic acids is 1. The summed E-state index contributed by atoms with van der Waals surface area (Å²) in [5, 5.41) is 13.6. The second-order valence-electron chi connectivity index (χ2n) is 4.95. The van der Waals surface area contributed by atoms with E-state index in [1.807, 2.05) is 6.92 Å². The Kier molecular flexibility index (Phi) is 5.73. The van der Waals surface area contributed by atoms with E-state index in [0.29, 0.717) is 12.3 Å². The molecule has 2 rings (SSSR count). The second-order valence-corrected chi connectivity index (χ2v) is 4.95. The summed E-state index contributed by atoms with van der Waals surface area (Å²) in [4.78, 5) is 22.5. The third-order valence-electron chi connectivity index (χ3n) is 3.26. The van der Waals surface area contributed by atoms with E-state index >= 15 is 0 Å². The minimum atomic E-state index is -0.555. The van der Waals surface area contributed by atoms with Crippen molar-refractivity contribution in [2.24, 2.45) is 0 Å². The summed E-state index contributed by atoms with van der Waals surface area (Å²) >= 11 is 0. The number of anilines is 1. The van der Waals surface area contributed by atoms with Crippen molar-refractivity contribution in [3.63, 3.8) is 0 Å². The monoisotopic (exact) mass is 330 g/mol. The third kappa shape index (κ3) is 4.45. The average molecular weight is 330 g/mol. The normalized spacial score (nSPS) is 10.1. The summed E-state index contributed by atoms with van der Waals surface area (Å²) in [6.07, 6.45) is 0.159. The topological polar surface area (TPSA) is 90.7 Å². The molecule has 0 aromatic heterocycles. The number of nitro groups is 1. The van der Waals surface area contributed by atoms with Crippen LogP contribution in [-0.4, -0.2) is 24.5 Å². The number of rotatable bonds is 7. The summed E-state index contributed by atoms with van der Waals surface area (Å²) < 4.78 is 10.3. The van der Waals surface area contributed by atoms with Gasteiger partial charge in [0.2, 0.25) is 5.91 Å². The lowest BCUT2D eigenvalue weighted by molar-refractivity contribution is -0.385. The van der Waals surface area contributed by atoms with E-state index in [2.05, 4.69) is 5.32 Å². The van der Waals surface area contributed by atoms with Gasteiger partial charge in [-0.1, -0.05) is 12.1 Å². The van der Waals surface area contributed by atoms with Gasteiger partial charge in [0.25, 0.3) is 0 Å². The van der Waals surface area contributed by atoms with Gasteiger partial charge in [0, 0.05) is 11.8 Å². The molecule has 1 amide bonds. The number of nitrogens with zero attached hydrogens (tertiary/aromatic N) is 1. The van der Waals surface area contributed by atoms with Crippen molar-refractivity contribution in [2.75, 3.05) is 19.0 Å². The molecule has 0 spiro atoms. The molecule has 7 heteroatoms. The molecule has 2 aromatic carbocycles. The summed E-state index contributed by atoms with van der Waals surface area (Å²) in [7, 11) is 1.35. The van der Waals surface area contributed by atoms with Crippen molar-refractivity contribution in [3.05, 3.63) is 58.1 Å². The molecule has 0 radical (unpaired) electrons. The van der Waals surface area contributed by atoms with Crippen LogP contribution in [0.1, 0.15) is 12.5 Å². The average Bonchev–Trinajstić information content (AvgIpc) is 2.56. The maximum atomic E-state index is 12.1. The van der Waals surface area contributed by atoms with Crippen LogP contribution < -0.4 is 14.8 Å². The van der Waals surface area contributed by atoms with Gasteiger partial charge in [-0.3, -0.25) is 14.9 Å². The Labute approximate surface area is 139 Å². The Balaban J connectivity index is 2.04. The van der Waals surface area contributed by atoms with Crippen LogP contribution >= 0.6 is 0 Å². The van der Waals surface area contributed by atoms with E-state index in [1.54, 1.807) is 30.3 Å². The SMILES string of the molecule is CCOc1ccc(CC(=O)Nc2ccc(OC)c([N+](=O)[O-])c2)cc1. The molecule has 0 saturated heterocycles. The molecule has 0 fully saturated rings. The molecule has 0 saturated carbocycles. The number of nitro benzene ring substituents is 1. The number of ether oxygens (including phenoxy) is 2. The number of carbonyl (C=O) groups is 1. The van der Waals surface area contributed by atoms with Crippen LogP contribution in [0, 0.1) is 10.1 Å². The lowest BCUT2D eigenvalue weighted by Crippen LogP contribution is -2.14. The molecule has 0 heterocycles. The zero-order valence-electron chi connectivity index (χ0n) is 13.4. The van der Waals surface area contributed by atoms with Crippen molar-refractivity contribution >= 4 is 17.3 Å². The Hall–Kier alpha value is -3.09. The zero-order chi connectivity index (χ0) is 17.5. The van der Waals surface area contributed by atoms with Crippen molar-refractivity contribution in [1.29, 1.82) is 0 Å².